The Hall–Kier alpha value is -1.52. The van der Waals surface area contributed by atoms with Crippen molar-refractivity contribution in [3.63, 3.8) is 0 Å². The molecule has 2 rings (SSSR count). The summed E-state index contributed by atoms with van der Waals surface area (Å²) in [6.07, 6.45) is 2.25. The lowest BCUT2D eigenvalue weighted by atomic mass is 10.1. The van der Waals surface area contributed by atoms with Gasteiger partial charge in [0.25, 0.3) is 5.56 Å². The molecule has 9 heteroatoms. The van der Waals surface area contributed by atoms with Crippen LogP contribution in [-0.2, 0) is 13.8 Å². The molecule has 4 atom stereocenters. The number of nitrogens with one attached hydrogen (secondary N) is 1. The molecule has 2 heterocycles. The highest BCUT2D eigenvalue weighted by Crippen LogP contribution is 2.42. The third-order valence-corrected chi connectivity index (χ3v) is 4.91. The Kier molecular flexibility index (Phi) is 6.69. The van der Waals surface area contributed by atoms with Crippen LogP contribution in [0.1, 0.15) is 38.0 Å². The second-order valence-corrected chi connectivity index (χ2v) is 6.94. The first kappa shape index (κ1) is 18.8. The number of nitrogens with zero attached hydrogens (tertiary/aromatic N) is 2. The normalized spacial score (nSPS) is 24.7. The Morgan fingerprint density at radius 2 is 2.29 bits per heavy atom. The van der Waals surface area contributed by atoms with Gasteiger partial charge in [-0.1, -0.05) is 6.92 Å². The first-order valence-electron chi connectivity index (χ1n) is 7.84. The number of rotatable bonds is 7. The van der Waals surface area contributed by atoms with Gasteiger partial charge in [-0.25, -0.2) is 4.79 Å². The highest BCUT2D eigenvalue weighted by Gasteiger charge is 2.38. The molecule has 0 bridgehead atoms. The van der Waals surface area contributed by atoms with Crippen molar-refractivity contribution in [2.24, 2.45) is 0 Å². The third kappa shape index (κ3) is 4.52. The number of aromatic amines is 1. The monoisotopic (exact) mass is 355 g/mol. The first-order chi connectivity index (χ1) is 11.5. The number of aromatic nitrogens is 2. The quantitative estimate of drug-likeness (QED) is 0.590. The summed E-state index contributed by atoms with van der Waals surface area (Å²) in [5.41, 5.74) is -0.496. The molecule has 1 N–H and O–H groups in total. The predicted molar refractivity (Wildman–Crippen MR) is 88.8 cm³/mol. The van der Waals surface area contributed by atoms with Crippen molar-refractivity contribution in [1.29, 1.82) is 5.26 Å². The van der Waals surface area contributed by atoms with Gasteiger partial charge in [-0.3, -0.25) is 14.3 Å². The van der Waals surface area contributed by atoms with Crippen LogP contribution in [0.25, 0.3) is 0 Å². The van der Waals surface area contributed by atoms with Gasteiger partial charge in [0.2, 0.25) is 0 Å². The van der Waals surface area contributed by atoms with Crippen LogP contribution < -0.4 is 11.2 Å². The smallest absolute Gasteiger partial charge is 0.330 e. The average Bonchev–Trinajstić information content (AvgIpc) is 2.94. The maximum Gasteiger partial charge on any atom is 0.330 e. The highest BCUT2D eigenvalue weighted by atomic mass is 31.2. The number of hydrogen-bond donors (Lipinski definition) is 1. The van der Waals surface area contributed by atoms with E-state index in [0.717, 1.165) is 6.42 Å². The highest BCUT2D eigenvalue weighted by molar-refractivity contribution is 7.46. The maximum atomic E-state index is 12.1. The summed E-state index contributed by atoms with van der Waals surface area (Å²) in [6, 6.07) is 2.01. The van der Waals surface area contributed by atoms with E-state index in [-0.39, 0.29) is 12.2 Å². The zero-order valence-electron chi connectivity index (χ0n) is 14.0. The Morgan fingerprint density at radius 3 is 2.96 bits per heavy atom. The fraction of sp³-hybridized carbons (Fsp3) is 0.667. The van der Waals surface area contributed by atoms with Gasteiger partial charge in [-0.15, -0.1) is 0 Å². The molecule has 0 amide bonds. The van der Waals surface area contributed by atoms with Gasteiger partial charge in [0.05, 0.1) is 25.2 Å². The summed E-state index contributed by atoms with van der Waals surface area (Å²) in [4.78, 5) is 26.0. The van der Waals surface area contributed by atoms with Crippen molar-refractivity contribution in [3.8, 4) is 6.07 Å². The largest absolute Gasteiger partial charge is 0.352 e. The fourth-order valence-electron chi connectivity index (χ4n) is 2.53. The van der Waals surface area contributed by atoms with Gasteiger partial charge in [-0.2, -0.15) is 5.26 Å². The molecule has 1 aromatic heterocycles. The summed E-state index contributed by atoms with van der Waals surface area (Å²) in [5.74, 6) is 0. The molecule has 2 unspecified atom stereocenters. The van der Waals surface area contributed by atoms with E-state index in [1.807, 2.05) is 19.7 Å². The van der Waals surface area contributed by atoms with E-state index in [4.69, 9.17) is 19.0 Å². The number of hydrogen-bond acceptors (Lipinski definition) is 6. The summed E-state index contributed by atoms with van der Waals surface area (Å²) < 4.78 is 18.7. The SMILES string of the molecule is CC[C@@H]1CC(OP(C)OCCC#N)[C@H](n2cc(C)c(=O)[nH]c2=O)O1. The van der Waals surface area contributed by atoms with Gasteiger partial charge in [-0.05, 0) is 13.3 Å². The minimum absolute atomic E-state index is 0.0263. The maximum absolute atomic E-state index is 12.1. The summed E-state index contributed by atoms with van der Waals surface area (Å²) in [7, 11) is -1.19. The van der Waals surface area contributed by atoms with E-state index in [0.29, 0.717) is 25.0 Å². The van der Waals surface area contributed by atoms with Crippen LogP contribution >= 0.6 is 8.38 Å². The summed E-state index contributed by atoms with van der Waals surface area (Å²) in [5, 5.41) is 8.55. The minimum Gasteiger partial charge on any atom is -0.352 e. The van der Waals surface area contributed by atoms with Crippen molar-refractivity contribution in [2.75, 3.05) is 13.3 Å². The van der Waals surface area contributed by atoms with Crippen LogP contribution in [0.15, 0.2) is 15.8 Å². The van der Waals surface area contributed by atoms with E-state index in [9.17, 15) is 9.59 Å². The van der Waals surface area contributed by atoms with Gasteiger partial charge in [0.1, 0.15) is 6.10 Å². The molecule has 0 aliphatic carbocycles. The number of H-pyrrole nitrogens is 1. The van der Waals surface area contributed by atoms with Crippen molar-refractivity contribution in [3.05, 3.63) is 32.6 Å². The first-order valence-corrected chi connectivity index (χ1v) is 9.46. The van der Waals surface area contributed by atoms with E-state index in [1.165, 1.54) is 10.8 Å². The molecule has 24 heavy (non-hydrogen) atoms. The Morgan fingerprint density at radius 1 is 1.54 bits per heavy atom. The van der Waals surface area contributed by atoms with E-state index >= 15 is 0 Å². The molecule has 1 saturated heterocycles. The van der Waals surface area contributed by atoms with E-state index < -0.39 is 25.9 Å². The second kappa shape index (κ2) is 8.54. The van der Waals surface area contributed by atoms with Gasteiger partial charge >= 0.3 is 5.69 Å². The molecule has 1 aliphatic heterocycles. The lowest BCUT2D eigenvalue weighted by Crippen LogP contribution is -2.36. The third-order valence-electron chi connectivity index (χ3n) is 3.79. The number of ether oxygens (including phenoxy) is 1. The molecule has 0 radical (unpaired) electrons. The summed E-state index contributed by atoms with van der Waals surface area (Å²) >= 11 is 0. The van der Waals surface area contributed by atoms with Gasteiger partial charge in [0.15, 0.2) is 14.6 Å². The Labute approximate surface area is 141 Å². The molecule has 8 nitrogen and oxygen atoms in total. The number of aryl methyl sites for hydroxylation is 1. The standard InChI is InChI=1S/C15H22N3O5P/c1-4-11-8-12(23-24(3)21-7-5-6-16)14(22-11)18-9-10(2)13(19)17-15(18)20/h9,11-12,14H,4-5,7-8H2,1-3H3,(H,17,19,20)/t11-,12?,14-,24?/m1/s1. The Balaban J connectivity index is 2.17. The zero-order valence-corrected chi connectivity index (χ0v) is 14.9. The Bertz CT molecular complexity index is 710. The van der Waals surface area contributed by atoms with Crippen molar-refractivity contribution in [2.45, 2.75) is 51.5 Å². The topological polar surface area (TPSA) is 106 Å². The fourth-order valence-corrected chi connectivity index (χ4v) is 3.52. The average molecular weight is 355 g/mol. The molecule has 1 aromatic rings. The molecule has 132 valence electrons. The van der Waals surface area contributed by atoms with Crippen LogP contribution in [0, 0.1) is 18.3 Å². The molecule has 1 fully saturated rings. The number of nitriles is 1. The molecular formula is C15H22N3O5P. The van der Waals surface area contributed by atoms with Gasteiger partial charge in [0, 0.05) is 24.8 Å². The van der Waals surface area contributed by atoms with Crippen LogP contribution in [0.2, 0.25) is 0 Å². The van der Waals surface area contributed by atoms with Crippen LogP contribution in [-0.4, -0.2) is 35.0 Å². The molecular weight excluding hydrogens is 333 g/mol. The minimum atomic E-state index is -1.19. The summed E-state index contributed by atoms with van der Waals surface area (Å²) in [6.45, 7) is 5.76. The molecule has 0 saturated carbocycles. The van der Waals surface area contributed by atoms with Crippen LogP contribution in [0.4, 0.5) is 0 Å². The zero-order chi connectivity index (χ0) is 17.7. The van der Waals surface area contributed by atoms with Crippen LogP contribution in [0.5, 0.6) is 0 Å². The van der Waals surface area contributed by atoms with Gasteiger partial charge < -0.3 is 13.8 Å². The predicted octanol–water partition coefficient (Wildman–Crippen LogP) is 1.80. The molecule has 0 aromatic carbocycles. The molecule has 0 spiro atoms. The van der Waals surface area contributed by atoms with E-state index in [2.05, 4.69) is 4.98 Å². The lowest BCUT2D eigenvalue weighted by molar-refractivity contribution is -0.0344. The lowest BCUT2D eigenvalue weighted by Gasteiger charge is -2.23. The van der Waals surface area contributed by atoms with E-state index in [1.54, 1.807) is 6.92 Å². The van der Waals surface area contributed by atoms with Crippen molar-refractivity contribution >= 4 is 8.38 Å². The second-order valence-electron chi connectivity index (χ2n) is 5.60. The van der Waals surface area contributed by atoms with Crippen LogP contribution in [0.3, 0.4) is 0 Å². The molecule has 1 aliphatic rings. The van der Waals surface area contributed by atoms with Crippen molar-refractivity contribution in [1.82, 2.24) is 9.55 Å². The van der Waals surface area contributed by atoms with Crippen molar-refractivity contribution < 1.29 is 13.8 Å².